The normalized spacial score (nSPS) is 15.0. The average Bonchev–Trinajstić information content (AvgIpc) is 3.52. The zero-order valence-electron chi connectivity index (χ0n) is 16.6. The fraction of sp³-hybridized carbons (Fsp3) is 0.381. The SMILES string of the molecule is COc1ccc(C(=O)N(C)C(C)C2CC2)cc1S(=O)(=O)Nc1ccc(C)cc1. The minimum Gasteiger partial charge on any atom is -0.495 e. The Labute approximate surface area is 166 Å². The largest absolute Gasteiger partial charge is 0.495 e. The van der Waals surface area contributed by atoms with Crippen LogP contribution >= 0.6 is 0 Å². The van der Waals surface area contributed by atoms with E-state index < -0.39 is 10.0 Å². The number of rotatable bonds is 7. The Morgan fingerprint density at radius 2 is 1.82 bits per heavy atom. The van der Waals surface area contributed by atoms with Crippen LogP contribution in [0.1, 0.15) is 35.7 Å². The summed E-state index contributed by atoms with van der Waals surface area (Å²) in [6.07, 6.45) is 2.25. The van der Waals surface area contributed by atoms with Gasteiger partial charge in [0.2, 0.25) is 0 Å². The van der Waals surface area contributed by atoms with E-state index in [4.69, 9.17) is 4.74 Å². The minimum absolute atomic E-state index is 0.0612. The van der Waals surface area contributed by atoms with Crippen molar-refractivity contribution in [3.8, 4) is 5.75 Å². The highest BCUT2D eigenvalue weighted by Crippen LogP contribution is 2.35. The molecule has 0 spiro atoms. The van der Waals surface area contributed by atoms with Crippen LogP contribution in [0.4, 0.5) is 5.69 Å². The molecule has 1 amide bonds. The molecule has 0 aromatic heterocycles. The maximum absolute atomic E-state index is 12.9. The number of carbonyl (C=O) groups excluding carboxylic acids is 1. The number of nitrogens with one attached hydrogen (secondary N) is 1. The maximum atomic E-state index is 12.9. The summed E-state index contributed by atoms with van der Waals surface area (Å²) >= 11 is 0. The first-order valence-corrected chi connectivity index (χ1v) is 10.8. The fourth-order valence-electron chi connectivity index (χ4n) is 3.13. The van der Waals surface area contributed by atoms with E-state index in [0.29, 0.717) is 17.2 Å². The molecule has 0 saturated heterocycles. The molecular formula is C21H26N2O4S. The quantitative estimate of drug-likeness (QED) is 0.767. The van der Waals surface area contributed by atoms with Crippen LogP contribution in [0.25, 0.3) is 0 Å². The van der Waals surface area contributed by atoms with Crippen molar-refractivity contribution >= 4 is 21.6 Å². The van der Waals surface area contributed by atoms with Crippen LogP contribution < -0.4 is 9.46 Å². The van der Waals surface area contributed by atoms with Crippen molar-refractivity contribution in [2.24, 2.45) is 5.92 Å². The highest BCUT2D eigenvalue weighted by molar-refractivity contribution is 7.92. The highest BCUT2D eigenvalue weighted by Gasteiger charge is 2.33. The van der Waals surface area contributed by atoms with Gasteiger partial charge in [0.1, 0.15) is 10.6 Å². The Morgan fingerprint density at radius 1 is 1.18 bits per heavy atom. The van der Waals surface area contributed by atoms with Crippen molar-refractivity contribution in [3.05, 3.63) is 53.6 Å². The first-order valence-electron chi connectivity index (χ1n) is 9.27. The molecular weight excluding hydrogens is 376 g/mol. The lowest BCUT2D eigenvalue weighted by atomic mass is 10.1. The van der Waals surface area contributed by atoms with Crippen LogP contribution in [0.5, 0.6) is 5.75 Å². The molecule has 1 aliphatic rings. The monoisotopic (exact) mass is 402 g/mol. The second-order valence-corrected chi connectivity index (χ2v) is 8.98. The maximum Gasteiger partial charge on any atom is 0.265 e. The summed E-state index contributed by atoms with van der Waals surface area (Å²) < 4.78 is 33.7. The molecule has 0 bridgehead atoms. The molecule has 150 valence electrons. The average molecular weight is 403 g/mol. The van der Waals surface area contributed by atoms with Gasteiger partial charge >= 0.3 is 0 Å². The summed E-state index contributed by atoms with van der Waals surface area (Å²) in [7, 11) is -0.757. The molecule has 3 rings (SSSR count). The lowest BCUT2D eigenvalue weighted by molar-refractivity contribution is 0.0727. The number of hydrogen-bond acceptors (Lipinski definition) is 4. The molecule has 6 nitrogen and oxygen atoms in total. The molecule has 2 aromatic rings. The smallest absolute Gasteiger partial charge is 0.265 e. The Morgan fingerprint density at radius 3 is 2.39 bits per heavy atom. The first kappa shape index (κ1) is 20.2. The van der Waals surface area contributed by atoms with Crippen LogP contribution in [-0.2, 0) is 10.0 Å². The van der Waals surface area contributed by atoms with E-state index in [2.05, 4.69) is 4.72 Å². The summed E-state index contributed by atoms with van der Waals surface area (Å²) in [5, 5.41) is 0. The summed E-state index contributed by atoms with van der Waals surface area (Å²) in [6, 6.07) is 11.7. The van der Waals surface area contributed by atoms with Gasteiger partial charge in [-0.3, -0.25) is 9.52 Å². The summed E-state index contributed by atoms with van der Waals surface area (Å²) in [5.74, 6) is 0.515. The third kappa shape index (κ3) is 4.30. The number of ether oxygens (including phenoxy) is 1. The Kier molecular flexibility index (Phi) is 5.65. The van der Waals surface area contributed by atoms with Gasteiger partial charge in [-0.2, -0.15) is 0 Å². The van der Waals surface area contributed by atoms with Crippen molar-refractivity contribution in [1.82, 2.24) is 4.90 Å². The molecule has 0 aliphatic heterocycles. The van der Waals surface area contributed by atoms with E-state index in [0.717, 1.165) is 18.4 Å². The van der Waals surface area contributed by atoms with Crippen LogP contribution in [0.3, 0.4) is 0 Å². The van der Waals surface area contributed by atoms with E-state index in [1.54, 1.807) is 30.1 Å². The topological polar surface area (TPSA) is 75.7 Å². The van der Waals surface area contributed by atoms with Crippen LogP contribution in [-0.4, -0.2) is 39.4 Å². The van der Waals surface area contributed by atoms with Crippen molar-refractivity contribution in [3.63, 3.8) is 0 Å². The van der Waals surface area contributed by atoms with Gasteiger partial charge < -0.3 is 9.64 Å². The van der Waals surface area contributed by atoms with E-state index in [-0.39, 0.29) is 22.6 Å². The van der Waals surface area contributed by atoms with E-state index in [9.17, 15) is 13.2 Å². The van der Waals surface area contributed by atoms with E-state index >= 15 is 0 Å². The third-order valence-electron chi connectivity index (χ3n) is 5.24. The summed E-state index contributed by atoms with van der Waals surface area (Å²) in [6.45, 7) is 3.95. The fourth-order valence-corrected chi connectivity index (χ4v) is 4.39. The number of sulfonamides is 1. The second kappa shape index (κ2) is 7.83. The standard InChI is InChI=1S/C21H26N2O4S/c1-14-5-10-18(11-6-14)22-28(25,26)20-13-17(9-12-19(20)27-4)21(24)23(3)15(2)16-7-8-16/h5-6,9-13,15-16,22H,7-8H2,1-4H3. The van der Waals surface area contributed by atoms with Crippen molar-refractivity contribution < 1.29 is 17.9 Å². The molecule has 0 heterocycles. The molecule has 0 radical (unpaired) electrons. The van der Waals surface area contributed by atoms with Crippen molar-refractivity contribution in [1.29, 1.82) is 0 Å². The van der Waals surface area contributed by atoms with Crippen LogP contribution in [0, 0.1) is 12.8 Å². The summed E-state index contributed by atoms with van der Waals surface area (Å²) in [5.41, 5.74) is 1.80. The first-order chi connectivity index (χ1) is 13.2. The Bertz CT molecular complexity index is 966. The Hall–Kier alpha value is -2.54. The van der Waals surface area contributed by atoms with Gasteiger partial charge in [-0.15, -0.1) is 0 Å². The van der Waals surface area contributed by atoms with Gasteiger partial charge in [0.15, 0.2) is 0 Å². The molecule has 1 N–H and O–H groups in total. The number of aryl methyl sites for hydroxylation is 1. The van der Waals surface area contributed by atoms with Gasteiger partial charge in [-0.1, -0.05) is 17.7 Å². The number of nitrogens with zero attached hydrogens (tertiary/aromatic N) is 1. The molecule has 2 aromatic carbocycles. The predicted molar refractivity (Wildman–Crippen MR) is 109 cm³/mol. The van der Waals surface area contributed by atoms with Gasteiger partial charge in [0, 0.05) is 24.3 Å². The van der Waals surface area contributed by atoms with Crippen LogP contribution in [0.15, 0.2) is 47.4 Å². The number of anilines is 1. The number of hydrogen-bond donors (Lipinski definition) is 1. The number of benzene rings is 2. The zero-order chi connectivity index (χ0) is 20.5. The van der Waals surface area contributed by atoms with Gasteiger partial charge in [0.05, 0.1) is 7.11 Å². The molecule has 1 fully saturated rings. The van der Waals surface area contributed by atoms with E-state index in [1.165, 1.54) is 19.2 Å². The van der Waals surface area contributed by atoms with Gasteiger partial charge in [0.25, 0.3) is 15.9 Å². The summed E-state index contributed by atoms with van der Waals surface area (Å²) in [4.78, 5) is 14.5. The lowest BCUT2D eigenvalue weighted by Crippen LogP contribution is -2.36. The molecule has 1 atom stereocenters. The predicted octanol–water partition coefficient (Wildman–Crippen LogP) is 3.67. The number of carbonyl (C=O) groups is 1. The molecule has 1 unspecified atom stereocenters. The molecule has 1 aliphatic carbocycles. The molecule has 7 heteroatoms. The van der Waals surface area contributed by atoms with Crippen molar-refractivity contribution in [2.75, 3.05) is 18.9 Å². The lowest BCUT2D eigenvalue weighted by Gasteiger charge is -2.25. The Balaban J connectivity index is 1.91. The number of methoxy groups -OCH3 is 1. The van der Waals surface area contributed by atoms with Crippen molar-refractivity contribution in [2.45, 2.75) is 37.6 Å². The van der Waals surface area contributed by atoms with E-state index in [1.807, 2.05) is 26.0 Å². The number of amides is 1. The van der Waals surface area contributed by atoms with Gasteiger partial charge in [-0.25, -0.2) is 8.42 Å². The van der Waals surface area contributed by atoms with Crippen LogP contribution in [0.2, 0.25) is 0 Å². The third-order valence-corrected chi connectivity index (χ3v) is 6.64. The molecule has 1 saturated carbocycles. The van der Waals surface area contributed by atoms with Gasteiger partial charge in [-0.05, 0) is 62.9 Å². The highest BCUT2D eigenvalue weighted by atomic mass is 32.2. The second-order valence-electron chi connectivity index (χ2n) is 7.33. The minimum atomic E-state index is -3.92. The molecule has 28 heavy (non-hydrogen) atoms. The zero-order valence-corrected chi connectivity index (χ0v) is 17.4.